The number of nitrogens with one attached hydrogen (secondary N) is 1. The third-order valence-electron chi connectivity index (χ3n) is 14.7. The molecule has 0 aromatic carbocycles. The summed E-state index contributed by atoms with van der Waals surface area (Å²) in [6, 6.07) is -0.541. The Kier molecular flexibility index (Phi) is 56.5. The highest BCUT2D eigenvalue weighted by Gasteiger charge is 2.20. The van der Waals surface area contributed by atoms with Crippen molar-refractivity contribution in [2.24, 2.45) is 0 Å². The third-order valence-corrected chi connectivity index (χ3v) is 14.7. The van der Waals surface area contributed by atoms with E-state index in [0.29, 0.717) is 25.9 Å². The molecule has 2 unspecified atom stereocenters. The lowest BCUT2D eigenvalue weighted by Crippen LogP contribution is -2.45. The lowest BCUT2D eigenvalue weighted by atomic mass is 10.0. The molecule has 6 nitrogen and oxygen atoms in total. The Balaban J connectivity index is 3.35. The van der Waals surface area contributed by atoms with Crippen molar-refractivity contribution < 1.29 is 24.5 Å². The monoisotopic (exact) mass is 948 g/mol. The summed E-state index contributed by atoms with van der Waals surface area (Å²) in [5.74, 6) is -0.0190. The van der Waals surface area contributed by atoms with Gasteiger partial charge in [0.25, 0.3) is 0 Å². The smallest absolute Gasteiger partial charge is 0.305 e. The molecule has 0 radical (unpaired) electrons. The Hall–Kier alpha value is -1.14. The van der Waals surface area contributed by atoms with Crippen LogP contribution in [0, 0.1) is 0 Å². The molecule has 0 spiro atoms. The number of aliphatic hydroxyl groups is 2. The zero-order valence-corrected chi connectivity index (χ0v) is 45.7. The van der Waals surface area contributed by atoms with Gasteiger partial charge < -0.3 is 20.3 Å². The number of amides is 1. The molecule has 0 rings (SSSR count). The topological polar surface area (TPSA) is 95.9 Å². The minimum absolute atomic E-state index is 0.0155. The van der Waals surface area contributed by atoms with Gasteiger partial charge in [-0.2, -0.15) is 0 Å². The molecule has 67 heavy (non-hydrogen) atoms. The van der Waals surface area contributed by atoms with Gasteiger partial charge in [0.1, 0.15) is 0 Å². The average Bonchev–Trinajstić information content (AvgIpc) is 3.33. The number of aliphatic hydroxyl groups excluding tert-OH is 2. The van der Waals surface area contributed by atoms with Gasteiger partial charge in [-0.3, -0.25) is 9.59 Å². The molecule has 0 aliphatic rings. The molecule has 6 heteroatoms. The van der Waals surface area contributed by atoms with E-state index in [1.54, 1.807) is 0 Å². The highest BCUT2D eigenvalue weighted by atomic mass is 16.5. The fraction of sp³-hybridized carbons (Fsp3) is 0.967. The number of unbranched alkanes of at least 4 members (excludes halogenated alkanes) is 47. The van der Waals surface area contributed by atoms with Crippen molar-refractivity contribution in [2.75, 3.05) is 13.2 Å². The second-order valence-electron chi connectivity index (χ2n) is 21.4. The molecule has 0 saturated carbocycles. The average molecular weight is 949 g/mol. The van der Waals surface area contributed by atoms with E-state index in [2.05, 4.69) is 19.2 Å². The first-order valence-corrected chi connectivity index (χ1v) is 30.8. The van der Waals surface area contributed by atoms with E-state index < -0.39 is 12.1 Å². The van der Waals surface area contributed by atoms with Crippen molar-refractivity contribution in [3.63, 3.8) is 0 Å². The molecular weight excluding hydrogens is 827 g/mol. The largest absolute Gasteiger partial charge is 0.466 e. The van der Waals surface area contributed by atoms with E-state index in [4.69, 9.17) is 4.74 Å². The zero-order chi connectivity index (χ0) is 48.6. The molecule has 0 fully saturated rings. The molecule has 0 aromatic heterocycles. The van der Waals surface area contributed by atoms with E-state index in [1.807, 2.05) is 0 Å². The summed E-state index contributed by atoms with van der Waals surface area (Å²) in [5, 5.41) is 23.2. The van der Waals surface area contributed by atoms with Gasteiger partial charge in [-0.15, -0.1) is 0 Å². The standard InChI is InChI=1S/C61H121NO5/c1-3-5-7-9-11-13-15-17-18-23-27-31-35-39-43-47-51-55-61(66)67-56-52-48-44-40-36-32-28-25-22-20-19-21-24-26-30-34-38-42-46-50-54-60(65)62-58(57-63)59(64)53-49-45-41-37-33-29-16-14-12-10-8-6-4-2/h58-59,63-64H,3-57H2,1-2H3,(H,62,65). The van der Waals surface area contributed by atoms with E-state index >= 15 is 0 Å². The molecular formula is C61H121NO5. The lowest BCUT2D eigenvalue weighted by Gasteiger charge is -2.22. The van der Waals surface area contributed by atoms with Crippen molar-refractivity contribution in [2.45, 2.75) is 366 Å². The van der Waals surface area contributed by atoms with E-state index in [0.717, 1.165) is 38.5 Å². The van der Waals surface area contributed by atoms with Crippen LogP contribution < -0.4 is 5.32 Å². The number of hydrogen-bond acceptors (Lipinski definition) is 5. The summed E-state index contributed by atoms with van der Waals surface area (Å²) in [6.45, 7) is 4.98. The van der Waals surface area contributed by atoms with Crippen molar-refractivity contribution in [3.05, 3.63) is 0 Å². The van der Waals surface area contributed by atoms with Crippen molar-refractivity contribution in [3.8, 4) is 0 Å². The van der Waals surface area contributed by atoms with Crippen LogP contribution in [0.2, 0.25) is 0 Å². The van der Waals surface area contributed by atoms with Crippen LogP contribution in [0.5, 0.6) is 0 Å². The molecule has 0 aliphatic carbocycles. The Labute approximate surface area is 419 Å². The summed E-state index contributed by atoms with van der Waals surface area (Å²) in [4.78, 5) is 24.5. The SMILES string of the molecule is CCCCCCCCCCCCCCCCCCCC(=O)OCCCCCCCCCCCCCCCCCCCCCCC(=O)NC(CO)C(O)CCCCCCCCCCCCCCC. The van der Waals surface area contributed by atoms with Crippen molar-refractivity contribution >= 4 is 11.9 Å². The fourth-order valence-electron chi connectivity index (χ4n) is 9.94. The van der Waals surface area contributed by atoms with E-state index in [-0.39, 0.29) is 18.5 Å². The van der Waals surface area contributed by atoms with Gasteiger partial charge in [0.15, 0.2) is 0 Å². The van der Waals surface area contributed by atoms with Gasteiger partial charge in [-0.25, -0.2) is 0 Å². The second-order valence-corrected chi connectivity index (χ2v) is 21.4. The number of carbonyl (C=O) groups excluding carboxylic acids is 2. The molecule has 400 valence electrons. The number of rotatable bonds is 58. The summed E-state index contributed by atoms with van der Waals surface area (Å²) in [7, 11) is 0. The normalized spacial score (nSPS) is 12.5. The van der Waals surface area contributed by atoms with Crippen molar-refractivity contribution in [1.82, 2.24) is 5.32 Å². The molecule has 0 heterocycles. The minimum atomic E-state index is -0.663. The summed E-state index contributed by atoms with van der Waals surface area (Å²) in [6.07, 6.45) is 66.8. The van der Waals surface area contributed by atoms with E-state index in [9.17, 15) is 19.8 Å². The van der Waals surface area contributed by atoms with Gasteiger partial charge >= 0.3 is 5.97 Å². The van der Waals surface area contributed by atoms with Gasteiger partial charge in [-0.1, -0.05) is 316 Å². The Bertz CT molecular complexity index is 959. The Morgan fingerprint density at radius 3 is 0.910 bits per heavy atom. The molecule has 0 saturated heterocycles. The molecule has 3 N–H and O–H groups in total. The fourth-order valence-corrected chi connectivity index (χ4v) is 9.94. The van der Waals surface area contributed by atoms with Gasteiger partial charge in [-0.05, 0) is 25.7 Å². The predicted molar refractivity (Wildman–Crippen MR) is 292 cm³/mol. The quantitative estimate of drug-likeness (QED) is 0.0417. The molecule has 0 aliphatic heterocycles. The number of ether oxygens (including phenoxy) is 1. The van der Waals surface area contributed by atoms with Gasteiger partial charge in [0.05, 0.1) is 25.4 Å². The van der Waals surface area contributed by atoms with Gasteiger partial charge in [0.2, 0.25) is 5.91 Å². The maximum atomic E-state index is 12.5. The Morgan fingerprint density at radius 1 is 0.358 bits per heavy atom. The predicted octanol–water partition coefficient (Wildman–Crippen LogP) is 19.1. The second kappa shape index (κ2) is 57.4. The van der Waals surface area contributed by atoms with Crippen LogP contribution in [0.3, 0.4) is 0 Å². The number of esters is 1. The van der Waals surface area contributed by atoms with Crippen LogP contribution in [-0.2, 0) is 14.3 Å². The number of hydrogen-bond donors (Lipinski definition) is 3. The first kappa shape index (κ1) is 65.9. The number of carbonyl (C=O) groups is 2. The van der Waals surface area contributed by atoms with Crippen LogP contribution in [0.15, 0.2) is 0 Å². The maximum Gasteiger partial charge on any atom is 0.305 e. The minimum Gasteiger partial charge on any atom is -0.466 e. The Morgan fingerprint density at radius 2 is 0.612 bits per heavy atom. The van der Waals surface area contributed by atoms with Crippen LogP contribution in [0.1, 0.15) is 354 Å². The lowest BCUT2D eigenvalue weighted by molar-refractivity contribution is -0.143. The van der Waals surface area contributed by atoms with Crippen LogP contribution in [0.25, 0.3) is 0 Å². The molecule has 2 atom stereocenters. The van der Waals surface area contributed by atoms with Crippen LogP contribution in [-0.4, -0.2) is 47.4 Å². The molecule has 0 aromatic rings. The summed E-state index contributed by atoms with van der Waals surface area (Å²) < 4.78 is 5.50. The first-order valence-electron chi connectivity index (χ1n) is 30.8. The highest BCUT2D eigenvalue weighted by Crippen LogP contribution is 2.18. The highest BCUT2D eigenvalue weighted by molar-refractivity contribution is 5.76. The summed E-state index contributed by atoms with van der Waals surface area (Å²) in [5.41, 5.74) is 0. The molecule has 0 bridgehead atoms. The van der Waals surface area contributed by atoms with Crippen molar-refractivity contribution in [1.29, 1.82) is 0 Å². The first-order chi connectivity index (χ1) is 33.0. The summed E-state index contributed by atoms with van der Waals surface area (Å²) >= 11 is 0. The molecule has 1 amide bonds. The van der Waals surface area contributed by atoms with Crippen LogP contribution in [0.4, 0.5) is 0 Å². The van der Waals surface area contributed by atoms with Gasteiger partial charge in [0, 0.05) is 12.8 Å². The third kappa shape index (κ3) is 54.0. The zero-order valence-electron chi connectivity index (χ0n) is 45.7. The maximum absolute atomic E-state index is 12.5. The van der Waals surface area contributed by atoms with Crippen LogP contribution >= 0.6 is 0 Å². The van der Waals surface area contributed by atoms with E-state index in [1.165, 1.54) is 283 Å².